The maximum Gasteiger partial charge on any atom is 0.224 e. The summed E-state index contributed by atoms with van der Waals surface area (Å²) in [6.45, 7) is 4.27. The van der Waals surface area contributed by atoms with Gasteiger partial charge >= 0.3 is 0 Å². The Morgan fingerprint density at radius 3 is 2.79 bits per heavy atom. The second kappa shape index (κ2) is 7.21. The Morgan fingerprint density at radius 1 is 1.17 bits per heavy atom. The van der Waals surface area contributed by atoms with Gasteiger partial charge in [0.2, 0.25) is 5.91 Å². The van der Waals surface area contributed by atoms with Crippen LogP contribution >= 0.6 is 0 Å². The largest absolute Gasteiger partial charge is 0.493 e. The van der Waals surface area contributed by atoms with E-state index in [1.165, 1.54) is 0 Å². The molecule has 0 bridgehead atoms. The highest BCUT2D eigenvalue weighted by Crippen LogP contribution is 2.23. The van der Waals surface area contributed by atoms with E-state index in [1.54, 1.807) is 0 Å². The van der Waals surface area contributed by atoms with E-state index >= 15 is 0 Å². The molecule has 0 aliphatic heterocycles. The molecule has 1 atom stereocenters. The molecule has 4 nitrogen and oxygen atoms in total. The van der Waals surface area contributed by atoms with Crippen LogP contribution in [0.1, 0.15) is 30.7 Å². The molecule has 1 amide bonds. The number of carbonyl (C=O) groups excluding carboxylic acids is 1. The van der Waals surface area contributed by atoms with Gasteiger partial charge in [-0.2, -0.15) is 0 Å². The molecule has 0 spiro atoms. The van der Waals surface area contributed by atoms with Crippen LogP contribution in [0.2, 0.25) is 0 Å². The summed E-state index contributed by atoms with van der Waals surface area (Å²) in [5.74, 6) is 1.48. The van der Waals surface area contributed by atoms with E-state index in [9.17, 15) is 4.79 Å². The lowest BCUT2D eigenvalue weighted by Crippen LogP contribution is -2.27. The van der Waals surface area contributed by atoms with Crippen molar-refractivity contribution in [2.75, 3.05) is 6.61 Å². The third-order valence-corrected chi connectivity index (χ3v) is 3.84. The molecule has 1 heterocycles. The van der Waals surface area contributed by atoms with E-state index < -0.39 is 0 Å². The molecule has 2 aromatic carbocycles. The first kappa shape index (κ1) is 16.1. The topological polar surface area (TPSA) is 51.5 Å². The molecule has 0 saturated carbocycles. The van der Waals surface area contributed by atoms with Crippen LogP contribution in [0, 0.1) is 6.92 Å². The van der Waals surface area contributed by atoms with Gasteiger partial charge in [0, 0.05) is 5.39 Å². The summed E-state index contributed by atoms with van der Waals surface area (Å²) in [5.41, 5.74) is 1.96. The number of para-hydroxylation sites is 1. The predicted octanol–water partition coefficient (Wildman–Crippen LogP) is 4.39. The highest BCUT2D eigenvalue weighted by atomic mass is 16.5. The van der Waals surface area contributed by atoms with Gasteiger partial charge in [0.05, 0.1) is 19.1 Å². The first-order chi connectivity index (χ1) is 11.6. The molecule has 1 aromatic heterocycles. The quantitative estimate of drug-likeness (QED) is 0.732. The third kappa shape index (κ3) is 3.96. The Bertz CT molecular complexity index is 805. The van der Waals surface area contributed by atoms with Gasteiger partial charge in [-0.3, -0.25) is 4.79 Å². The van der Waals surface area contributed by atoms with E-state index in [-0.39, 0.29) is 11.9 Å². The summed E-state index contributed by atoms with van der Waals surface area (Å²) < 4.78 is 11.4. The molecule has 24 heavy (non-hydrogen) atoms. The minimum atomic E-state index is -0.177. The van der Waals surface area contributed by atoms with Gasteiger partial charge in [-0.25, -0.2) is 0 Å². The van der Waals surface area contributed by atoms with E-state index in [4.69, 9.17) is 9.15 Å². The van der Waals surface area contributed by atoms with Crippen molar-refractivity contribution in [3.63, 3.8) is 0 Å². The molecule has 0 aliphatic rings. The van der Waals surface area contributed by atoms with Crippen LogP contribution in [0.3, 0.4) is 0 Å². The molecule has 4 heteroatoms. The second-order valence-electron chi connectivity index (χ2n) is 5.89. The zero-order valence-electron chi connectivity index (χ0n) is 13.9. The lowest BCUT2D eigenvalue weighted by atomic mass is 10.2. The fraction of sp³-hybridized carbons (Fsp3) is 0.250. The van der Waals surface area contributed by atoms with Crippen molar-refractivity contribution >= 4 is 16.9 Å². The number of furan rings is 1. The number of nitrogens with one attached hydrogen (secondary N) is 1. The zero-order valence-corrected chi connectivity index (χ0v) is 13.9. The van der Waals surface area contributed by atoms with Crippen LogP contribution in [-0.2, 0) is 4.79 Å². The van der Waals surface area contributed by atoms with Gasteiger partial charge in [0.25, 0.3) is 0 Å². The van der Waals surface area contributed by atoms with Crippen LogP contribution in [0.25, 0.3) is 11.0 Å². The van der Waals surface area contributed by atoms with E-state index in [2.05, 4.69) is 5.32 Å². The summed E-state index contributed by atoms with van der Waals surface area (Å²) in [6.07, 6.45) is 0.304. The third-order valence-electron chi connectivity index (χ3n) is 3.84. The fourth-order valence-corrected chi connectivity index (χ4v) is 2.57. The summed E-state index contributed by atoms with van der Waals surface area (Å²) in [6, 6.07) is 17.4. The number of hydrogen-bond acceptors (Lipinski definition) is 3. The number of rotatable bonds is 6. The number of ether oxygens (including phenoxy) is 1. The zero-order chi connectivity index (χ0) is 16.9. The van der Waals surface area contributed by atoms with E-state index in [1.807, 2.05) is 68.4 Å². The number of amides is 1. The van der Waals surface area contributed by atoms with Crippen molar-refractivity contribution in [3.05, 3.63) is 65.9 Å². The molecular formula is C20H21NO3. The lowest BCUT2D eigenvalue weighted by Gasteiger charge is -2.12. The Labute approximate surface area is 141 Å². The Hall–Kier alpha value is -2.75. The molecule has 0 aliphatic carbocycles. The van der Waals surface area contributed by atoms with Crippen LogP contribution in [0.4, 0.5) is 0 Å². The average Bonchev–Trinajstić information content (AvgIpc) is 2.99. The Morgan fingerprint density at radius 2 is 2.00 bits per heavy atom. The number of benzene rings is 2. The molecule has 3 rings (SSSR count). The summed E-state index contributed by atoms with van der Waals surface area (Å²) in [4.78, 5) is 12.1. The van der Waals surface area contributed by atoms with Crippen molar-refractivity contribution in [2.24, 2.45) is 0 Å². The minimum Gasteiger partial charge on any atom is -0.493 e. The molecule has 0 fully saturated rings. The van der Waals surface area contributed by atoms with Gasteiger partial charge in [0.1, 0.15) is 17.1 Å². The summed E-state index contributed by atoms with van der Waals surface area (Å²) in [5, 5.41) is 3.98. The van der Waals surface area contributed by atoms with Crippen LogP contribution < -0.4 is 10.1 Å². The fourth-order valence-electron chi connectivity index (χ4n) is 2.57. The number of carbonyl (C=O) groups is 1. The van der Waals surface area contributed by atoms with Gasteiger partial charge in [0.15, 0.2) is 0 Å². The monoisotopic (exact) mass is 323 g/mol. The number of fused-ring (bicyclic) bond motifs is 1. The van der Waals surface area contributed by atoms with Crippen LogP contribution in [-0.4, -0.2) is 12.5 Å². The van der Waals surface area contributed by atoms with E-state index in [0.717, 1.165) is 28.0 Å². The molecule has 0 unspecified atom stereocenters. The van der Waals surface area contributed by atoms with E-state index in [0.29, 0.717) is 13.0 Å². The maximum absolute atomic E-state index is 12.1. The van der Waals surface area contributed by atoms with Gasteiger partial charge < -0.3 is 14.5 Å². The standard InChI is InChI=1S/C20H21NO3/c1-14-6-5-8-17(12-14)23-11-10-20(22)21-15(2)19-13-16-7-3-4-9-18(16)24-19/h3-9,12-13,15H,10-11H2,1-2H3,(H,21,22)/t15-/m1/s1. The second-order valence-corrected chi connectivity index (χ2v) is 5.89. The first-order valence-electron chi connectivity index (χ1n) is 8.09. The molecule has 0 saturated heterocycles. The average molecular weight is 323 g/mol. The molecular weight excluding hydrogens is 302 g/mol. The number of aryl methyl sites for hydroxylation is 1. The minimum absolute atomic E-state index is 0.0596. The SMILES string of the molecule is Cc1cccc(OCCC(=O)N[C@H](C)c2cc3ccccc3o2)c1. The first-order valence-corrected chi connectivity index (χ1v) is 8.09. The van der Waals surface area contributed by atoms with Gasteiger partial charge in [-0.1, -0.05) is 30.3 Å². The van der Waals surface area contributed by atoms with Crippen molar-refractivity contribution in [1.82, 2.24) is 5.32 Å². The summed E-state index contributed by atoms with van der Waals surface area (Å²) >= 11 is 0. The predicted molar refractivity (Wildman–Crippen MR) is 94.1 cm³/mol. The molecule has 0 radical (unpaired) electrons. The normalized spacial score (nSPS) is 12.1. The van der Waals surface area contributed by atoms with Crippen molar-refractivity contribution in [3.8, 4) is 5.75 Å². The van der Waals surface area contributed by atoms with Gasteiger partial charge in [-0.05, 0) is 43.7 Å². The maximum atomic E-state index is 12.1. The van der Waals surface area contributed by atoms with Crippen molar-refractivity contribution in [1.29, 1.82) is 0 Å². The van der Waals surface area contributed by atoms with Crippen LogP contribution in [0.15, 0.2) is 59.0 Å². The van der Waals surface area contributed by atoms with Crippen molar-refractivity contribution in [2.45, 2.75) is 26.3 Å². The lowest BCUT2D eigenvalue weighted by molar-refractivity contribution is -0.122. The molecule has 1 N–H and O–H groups in total. The Kier molecular flexibility index (Phi) is 4.85. The van der Waals surface area contributed by atoms with Crippen LogP contribution in [0.5, 0.6) is 5.75 Å². The number of hydrogen-bond donors (Lipinski definition) is 1. The van der Waals surface area contributed by atoms with Crippen molar-refractivity contribution < 1.29 is 13.9 Å². The highest BCUT2D eigenvalue weighted by molar-refractivity contribution is 5.79. The molecule has 3 aromatic rings. The summed E-state index contributed by atoms with van der Waals surface area (Å²) in [7, 11) is 0. The smallest absolute Gasteiger partial charge is 0.224 e. The van der Waals surface area contributed by atoms with Gasteiger partial charge in [-0.15, -0.1) is 0 Å². The highest BCUT2D eigenvalue weighted by Gasteiger charge is 2.14. The molecule has 124 valence electrons. The Balaban J connectivity index is 1.50.